The molecule has 33 heavy (non-hydrogen) atoms. The molecule has 0 bridgehead atoms. The maximum Gasteiger partial charge on any atom is 0.253 e. The summed E-state index contributed by atoms with van der Waals surface area (Å²) in [5, 5.41) is 6.00. The number of anilines is 1. The third-order valence-corrected chi connectivity index (χ3v) is 6.24. The number of halogens is 2. The molecule has 1 heterocycles. The minimum Gasteiger partial charge on any atom is -0.371 e. The summed E-state index contributed by atoms with van der Waals surface area (Å²) in [6.07, 6.45) is 1.58. The van der Waals surface area contributed by atoms with Gasteiger partial charge in [0.2, 0.25) is 0 Å². The fourth-order valence-corrected chi connectivity index (χ4v) is 4.43. The molecule has 2 amide bonds. The van der Waals surface area contributed by atoms with Crippen LogP contribution in [0.2, 0.25) is 0 Å². The van der Waals surface area contributed by atoms with Crippen LogP contribution in [0.25, 0.3) is 0 Å². The zero-order valence-corrected chi connectivity index (χ0v) is 19.6. The highest BCUT2D eigenvalue weighted by atomic mass is 79.9. The fraction of sp³-hybridized carbons (Fsp3) is 0.231. The summed E-state index contributed by atoms with van der Waals surface area (Å²) < 4.78 is 14.3. The topological polar surface area (TPSA) is 61.4 Å². The van der Waals surface area contributed by atoms with E-state index in [1.165, 1.54) is 12.1 Å². The SMILES string of the molecule is O=C(NC1CCN(c2ccccc2C(=O)NCc2cccc(F)c2)CC1)c1cccc(Br)c1. The first-order valence-corrected chi connectivity index (χ1v) is 11.7. The van der Waals surface area contributed by atoms with Gasteiger partial charge in [0.1, 0.15) is 5.82 Å². The van der Waals surface area contributed by atoms with Crippen LogP contribution in [-0.2, 0) is 6.54 Å². The first kappa shape index (κ1) is 23.0. The molecule has 1 fully saturated rings. The van der Waals surface area contributed by atoms with Gasteiger partial charge in [0, 0.05) is 41.4 Å². The van der Waals surface area contributed by atoms with Crippen LogP contribution < -0.4 is 15.5 Å². The molecule has 0 aromatic heterocycles. The van der Waals surface area contributed by atoms with Gasteiger partial charge in [-0.2, -0.15) is 0 Å². The Hall–Kier alpha value is -3.19. The number of hydrogen-bond acceptors (Lipinski definition) is 3. The standard InChI is InChI=1S/C26H25BrFN3O2/c27-20-7-4-6-19(16-20)25(32)30-22-11-13-31(14-12-22)24-10-2-1-9-23(24)26(33)29-17-18-5-3-8-21(28)15-18/h1-10,15-16,22H,11-14,17H2,(H,29,33)(H,30,32). The van der Waals surface area contributed by atoms with E-state index in [1.807, 2.05) is 36.4 Å². The molecular formula is C26H25BrFN3O2. The molecule has 5 nitrogen and oxygen atoms in total. The molecule has 0 unspecified atom stereocenters. The molecule has 1 aliphatic heterocycles. The summed E-state index contributed by atoms with van der Waals surface area (Å²) in [7, 11) is 0. The lowest BCUT2D eigenvalue weighted by atomic mass is 10.0. The largest absolute Gasteiger partial charge is 0.371 e. The first-order chi connectivity index (χ1) is 16.0. The van der Waals surface area contributed by atoms with Crippen molar-refractivity contribution < 1.29 is 14.0 Å². The quantitative estimate of drug-likeness (QED) is 0.495. The molecule has 3 aromatic carbocycles. The summed E-state index contributed by atoms with van der Waals surface area (Å²) in [5.41, 5.74) is 2.80. The van der Waals surface area contributed by atoms with Crippen molar-refractivity contribution in [2.24, 2.45) is 0 Å². The highest BCUT2D eigenvalue weighted by Crippen LogP contribution is 2.25. The molecule has 0 atom stereocenters. The van der Waals surface area contributed by atoms with E-state index in [2.05, 4.69) is 31.5 Å². The molecule has 1 saturated heterocycles. The van der Waals surface area contributed by atoms with E-state index in [1.54, 1.807) is 24.3 Å². The van der Waals surface area contributed by atoms with Crippen LogP contribution in [0.15, 0.2) is 77.3 Å². The molecule has 0 aliphatic carbocycles. The number of carbonyl (C=O) groups excluding carboxylic acids is 2. The predicted octanol–water partition coefficient (Wildman–Crippen LogP) is 4.92. The minimum atomic E-state index is -0.322. The molecule has 0 radical (unpaired) electrons. The normalized spacial score (nSPS) is 14.1. The lowest BCUT2D eigenvalue weighted by Crippen LogP contribution is -2.45. The number of hydrogen-bond donors (Lipinski definition) is 2. The number of amides is 2. The van der Waals surface area contributed by atoms with E-state index in [4.69, 9.17) is 0 Å². The van der Waals surface area contributed by atoms with Crippen LogP contribution in [0.5, 0.6) is 0 Å². The summed E-state index contributed by atoms with van der Waals surface area (Å²) in [6.45, 7) is 1.73. The zero-order chi connectivity index (χ0) is 23.2. The Morgan fingerprint density at radius 3 is 2.45 bits per heavy atom. The van der Waals surface area contributed by atoms with E-state index in [-0.39, 0.29) is 30.2 Å². The Kier molecular flexibility index (Phi) is 7.40. The lowest BCUT2D eigenvalue weighted by Gasteiger charge is -2.35. The van der Waals surface area contributed by atoms with Crippen LogP contribution in [0.1, 0.15) is 39.1 Å². The third-order valence-electron chi connectivity index (χ3n) is 5.75. The van der Waals surface area contributed by atoms with Crippen LogP contribution in [0, 0.1) is 5.82 Å². The van der Waals surface area contributed by atoms with Gasteiger partial charge in [-0.1, -0.05) is 46.3 Å². The Labute approximate surface area is 201 Å². The molecule has 170 valence electrons. The van der Waals surface area contributed by atoms with E-state index in [9.17, 15) is 14.0 Å². The van der Waals surface area contributed by atoms with Crippen molar-refractivity contribution in [1.29, 1.82) is 0 Å². The smallest absolute Gasteiger partial charge is 0.253 e. The van der Waals surface area contributed by atoms with Crippen molar-refractivity contribution in [2.75, 3.05) is 18.0 Å². The number of nitrogens with zero attached hydrogens (tertiary/aromatic N) is 1. The Bertz CT molecular complexity index is 1150. The molecule has 1 aliphatic rings. The van der Waals surface area contributed by atoms with Gasteiger partial charge in [0.05, 0.1) is 5.56 Å². The second-order valence-electron chi connectivity index (χ2n) is 8.07. The van der Waals surface area contributed by atoms with Crippen molar-refractivity contribution in [1.82, 2.24) is 10.6 Å². The first-order valence-electron chi connectivity index (χ1n) is 10.9. The zero-order valence-electron chi connectivity index (χ0n) is 18.1. The van der Waals surface area contributed by atoms with Crippen molar-refractivity contribution in [2.45, 2.75) is 25.4 Å². The molecule has 0 saturated carbocycles. The van der Waals surface area contributed by atoms with Gasteiger partial charge >= 0.3 is 0 Å². The van der Waals surface area contributed by atoms with Gasteiger partial charge < -0.3 is 15.5 Å². The minimum absolute atomic E-state index is 0.0770. The van der Waals surface area contributed by atoms with E-state index in [0.29, 0.717) is 16.7 Å². The van der Waals surface area contributed by atoms with Crippen LogP contribution in [0.4, 0.5) is 10.1 Å². The molecule has 7 heteroatoms. The van der Waals surface area contributed by atoms with Crippen LogP contribution in [-0.4, -0.2) is 30.9 Å². The van der Waals surface area contributed by atoms with Gasteiger partial charge in [-0.05, 0) is 60.9 Å². The summed E-state index contributed by atoms with van der Waals surface area (Å²) in [4.78, 5) is 27.6. The number of para-hydroxylation sites is 1. The second-order valence-corrected chi connectivity index (χ2v) is 8.99. The maximum absolute atomic E-state index is 13.4. The van der Waals surface area contributed by atoms with Gasteiger partial charge in [0.15, 0.2) is 0 Å². The maximum atomic E-state index is 13.4. The molecule has 0 spiro atoms. The number of benzene rings is 3. The summed E-state index contributed by atoms with van der Waals surface area (Å²) in [6, 6.07) is 21.1. The molecular weight excluding hydrogens is 485 g/mol. The lowest BCUT2D eigenvalue weighted by molar-refractivity contribution is 0.0929. The highest BCUT2D eigenvalue weighted by molar-refractivity contribution is 9.10. The number of piperidine rings is 1. The van der Waals surface area contributed by atoms with E-state index in [0.717, 1.165) is 36.1 Å². The Morgan fingerprint density at radius 2 is 1.70 bits per heavy atom. The van der Waals surface area contributed by atoms with E-state index < -0.39 is 0 Å². The highest BCUT2D eigenvalue weighted by Gasteiger charge is 2.24. The van der Waals surface area contributed by atoms with Crippen molar-refractivity contribution >= 4 is 33.4 Å². The van der Waals surface area contributed by atoms with Crippen molar-refractivity contribution in [3.8, 4) is 0 Å². The van der Waals surface area contributed by atoms with Gasteiger partial charge in [0.25, 0.3) is 11.8 Å². The van der Waals surface area contributed by atoms with Gasteiger partial charge in [-0.3, -0.25) is 9.59 Å². The molecule has 2 N–H and O–H groups in total. The monoisotopic (exact) mass is 509 g/mol. The van der Waals surface area contributed by atoms with Gasteiger partial charge in [-0.15, -0.1) is 0 Å². The second kappa shape index (κ2) is 10.6. The van der Waals surface area contributed by atoms with Gasteiger partial charge in [-0.25, -0.2) is 4.39 Å². The molecule has 4 rings (SSSR count). The third kappa shape index (κ3) is 5.99. The fourth-order valence-electron chi connectivity index (χ4n) is 4.03. The summed E-state index contributed by atoms with van der Waals surface area (Å²) >= 11 is 3.40. The average Bonchev–Trinajstić information content (AvgIpc) is 2.83. The number of nitrogens with one attached hydrogen (secondary N) is 2. The van der Waals surface area contributed by atoms with Crippen LogP contribution in [0.3, 0.4) is 0 Å². The van der Waals surface area contributed by atoms with Crippen molar-refractivity contribution in [3.63, 3.8) is 0 Å². The number of rotatable bonds is 6. The Morgan fingerprint density at radius 1 is 0.939 bits per heavy atom. The Balaban J connectivity index is 1.35. The van der Waals surface area contributed by atoms with Crippen molar-refractivity contribution in [3.05, 3.63) is 99.8 Å². The predicted molar refractivity (Wildman–Crippen MR) is 131 cm³/mol. The number of carbonyl (C=O) groups is 2. The van der Waals surface area contributed by atoms with E-state index >= 15 is 0 Å². The average molecular weight is 510 g/mol. The molecule has 3 aromatic rings. The summed E-state index contributed by atoms with van der Waals surface area (Å²) in [5.74, 6) is -0.594. The van der Waals surface area contributed by atoms with Crippen LogP contribution >= 0.6 is 15.9 Å².